The molecule has 3 rings (SSSR count). The van der Waals surface area contributed by atoms with Crippen molar-refractivity contribution < 1.29 is 9.53 Å². The Bertz CT molecular complexity index is 417. The van der Waals surface area contributed by atoms with E-state index in [0.29, 0.717) is 12.5 Å². The zero-order valence-electron chi connectivity index (χ0n) is 10.0. The fourth-order valence-electron chi connectivity index (χ4n) is 3.02. The van der Waals surface area contributed by atoms with Crippen LogP contribution in [-0.4, -0.2) is 30.1 Å². The van der Waals surface area contributed by atoms with Gasteiger partial charge >= 0.3 is 5.97 Å². The summed E-state index contributed by atoms with van der Waals surface area (Å²) >= 11 is 0. The molecule has 0 unspecified atom stereocenters. The first-order valence-corrected chi connectivity index (χ1v) is 6.24. The molecule has 2 aliphatic heterocycles. The van der Waals surface area contributed by atoms with Gasteiger partial charge in [-0.15, -0.1) is 0 Å². The van der Waals surface area contributed by atoms with Gasteiger partial charge in [-0.3, -0.25) is 9.69 Å². The van der Waals surface area contributed by atoms with Crippen LogP contribution in [0.4, 0.5) is 0 Å². The number of likely N-dealkylation sites (tertiary alicyclic amines) is 1. The van der Waals surface area contributed by atoms with Crippen molar-refractivity contribution in [2.45, 2.75) is 25.4 Å². The number of carbonyl (C=O) groups excluding carboxylic acids is 1. The molecule has 1 aromatic rings. The summed E-state index contributed by atoms with van der Waals surface area (Å²) in [6.07, 6.45) is 1.08. The summed E-state index contributed by atoms with van der Waals surface area (Å²) in [5.74, 6) is 0.379. The first kappa shape index (κ1) is 10.8. The average molecular weight is 231 g/mol. The predicted molar refractivity (Wildman–Crippen MR) is 64.4 cm³/mol. The number of fused-ring (bicyclic) bond motifs is 1. The molecule has 2 aliphatic rings. The van der Waals surface area contributed by atoms with Gasteiger partial charge in [0.05, 0.1) is 6.61 Å². The van der Waals surface area contributed by atoms with Gasteiger partial charge in [-0.1, -0.05) is 30.3 Å². The molecule has 0 bridgehead atoms. The molecule has 0 saturated carbocycles. The van der Waals surface area contributed by atoms with Gasteiger partial charge in [0.1, 0.15) is 6.04 Å². The van der Waals surface area contributed by atoms with Crippen molar-refractivity contribution in [2.24, 2.45) is 5.92 Å². The zero-order valence-corrected chi connectivity index (χ0v) is 10.0. The van der Waals surface area contributed by atoms with Gasteiger partial charge in [0.25, 0.3) is 0 Å². The molecule has 0 amide bonds. The van der Waals surface area contributed by atoms with Crippen LogP contribution in [0.1, 0.15) is 24.9 Å². The molecule has 0 radical (unpaired) electrons. The monoisotopic (exact) mass is 231 g/mol. The van der Waals surface area contributed by atoms with Crippen molar-refractivity contribution in [3.63, 3.8) is 0 Å². The van der Waals surface area contributed by atoms with E-state index in [9.17, 15) is 4.79 Å². The lowest BCUT2D eigenvalue weighted by Crippen LogP contribution is -2.37. The average Bonchev–Trinajstić information content (AvgIpc) is 2.93. The predicted octanol–water partition coefficient (Wildman–Crippen LogP) is 1.99. The van der Waals surface area contributed by atoms with E-state index in [-0.39, 0.29) is 18.1 Å². The molecule has 90 valence electrons. The van der Waals surface area contributed by atoms with Gasteiger partial charge < -0.3 is 4.74 Å². The Labute approximate surface area is 101 Å². The summed E-state index contributed by atoms with van der Waals surface area (Å²) in [4.78, 5) is 14.0. The van der Waals surface area contributed by atoms with E-state index < -0.39 is 0 Å². The normalized spacial score (nSPS) is 30.1. The number of carbonyl (C=O) groups is 1. The van der Waals surface area contributed by atoms with Crippen molar-refractivity contribution in [3.05, 3.63) is 35.9 Å². The van der Waals surface area contributed by atoms with Gasteiger partial charge in [0.2, 0.25) is 0 Å². The van der Waals surface area contributed by atoms with Gasteiger partial charge in [-0.05, 0) is 18.9 Å². The Hall–Kier alpha value is -1.35. The largest absolute Gasteiger partial charge is 0.464 e. The smallest absolute Gasteiger partial charge is 0.323 e. The maximum absolute atomic E-state index is 11.7. The second kappa shape index (κ2) is 4.15. The molecular weight excluding hydrogens is 214 g/mol. The fraction of sp³-hybridized carbons (Fsp3) is 0.500. The minimum Gasteiger partial charge on any atom is -0.464 e. The molecule has 0 aromatic heterocycles. The SMILES string of the molecule is C[C@@H](c1ccccc1)N1CC[C@H]2COC(=O)[C@H]21. The lowest BCUT2D eigenvalue weighted by Gasteiger charge is -2.28. The summed E-state index contributed by atoms with van der Waals surface area (Å²) in [6.45, 7) is 3.78. The summed E-state index contributed by atoms with van der Waals surface area (Å²) < 4.78 is 5.16. The highest BCUT2D eigenvalue weighted by Gasteiger charge is 2.47. The third kappa shape index (κ3) is 1.75. The first-order chi connectivity index (χ1) is 8.27. The van der Waals surface area contributed by atoms with Crippen LogP contribution in [0, 0.1) is 5.92 Å². The highest BCUT2D eigenvalue weighted by molar-refractivity contribution is 5.78. The summed E-state index contributed by atoms with van der Waals surface area (Å²) in [6, 6.07) is 10.6. The van der Waals surface area contributed by atoms with Gasteiger partial charge in [-0.2, -0.15) is 0 Å². The van der Waals surface area contributed by atoms with E-state index in [1.54, 1.807) is 0 Å². The van der Waals surface area contributed by atoms with E-state index >= 15 is 0 Å². The highest BCUT2D eigenvalue weighted by Crippen LogP contribution is 2.36. The van der Waals surface area contributed by atoms with Crippen LogP contribution in [0.15, 0.2) is 30.3 Å². The Balaban J connectivity index is 1.83. The molecule has 3 atom stereocenters. The van der Waals surface area contributed by atoms with Crippen molar-refractivity contribution >= 4 is 5.97 Å². The summed E-state index contributed by atoms with van der Waals surface area (Å²) in [5.41, 5.74) is 1.27. The third-order valence-electron chi connectivity index (χ3n) is 4.02. The second-order valence-corrected chi connectivity index (χ2v) is 4.95. The molecule has 0 aliphatic carbocycles. The number of nitrogens with zero attached hydrogens (tertiary/aromatic N) is 1. The molecule has 3 heteroatoms. The van der Waals surface area contributed by atoms with Crippen LogP contribution < -0.4 is 0 Å². The number of hydrogen-bond donors (Lipinski definition) is 0. The molecule has 0 spiro atoms. The number of cyclic esters (lactones) is 1. The van der Waals surface area contributed by atoms with Crippen molar-refractivity contribution in [3.8, 4) is 0 Å². The Morgan fingerprint density at radius 3 is 2.88 bits per heavy atom. The number of benzene rings is 1. The molecule has 17 heavy (non-hydrogen) atoms. The Morgan fingerprint density at radius 2 is 2.12 bits per heavy atom. The van der Waals surface area contributed by atoms with E-state index in [4.69, 9.17) is 4.74 Å². The highest BCUT2D eigenvalue weighted by atomic mass is 16.5. The Kier molecular flexibility index (Phi) is 2.63. The van der Waals surface area contributed by atoms with E-state index in [1.807, 2.05) is 18.2 Å². The van der Waals surface area contributed by atoms with Gasteiger partial charge in [0, 0.05) is 18.5 Å². The lowest BCUT2D eigenvalue weighted by molar-refractivity contribution is -0.142. The fourth-order valence-corrected chi connectivity index (χ4v) is 3.02. The van der Waals surface area contributed by atoms with Crippen LogP contribution >= 0.6 is 0 Å². The molecule has 3 nitrogen and oxygen atoms in total. The number of ether oxygens (including phenoxy) is 1. The number of esters is 1. The van der Waals surface area contributed by atoms with Crippen molar-refractivity contribution in [1.29, 1.82) is 0 Å². The number of hydrogen-bond acceptors (Lipinski definition) is 3. The van der Waals surface area contributed by atoms with Crippen LogP contribution in [0.5, 0.6) is 0 Å². The van der Waals surface area contributed by atoms with Crippen molar-refractivity contribution in [1.82, 2.24) is 4.90 Å². The van der Waals surface area contributed by atoms with Crippen LogP contribution in [0.3, 0.4) is 0 Å². The van der Waals surface area contributed by atoms with Gasteiger partial charge in [0.15, 0.2) is 0 Å². The van der Waals surface area contributed by atoms with Crippen LogP contribution in [0.25, 0.3) is 0 Å². The van der Waals surface area contributed by atoms with E-state index in [0.717, 1.165) is 13.0 Å². The topological polar surface area (TPSA) is 29.5 Å². The molecule has 0 N–H and O–H groups in total. The molecule has 1 aromatic carbocycles. The maximum atomic E-state index is 11.7. The molecule has 2 fully saturated rings. The Morgan fingerprint density at radius 1 is 1.35 bits per heavy atom. The van der Waals surface area contributed by atoms with Crippen molar-refractivity contribution in [2.75, 3.05) is 13.2 Å². The number of rotatable bonds is 2. The minimum absolute atomic E-state index is 0.00907. The van der Waals surface area contributed by atoms with Crippen LogP contribution in [0.2, 0.25) is 0 Å². The quantitative estimate of drug-likeness (QED) is 0.729. The summed E-state index contributed by atoms with van der Waals surface area (Å²) in [5, 5.41) is 0. The first-order valence-electron chi connectivity index (χ1n) is 6.24. The summed E-state index contributed by atoms with van der Waals surface area (Å²) in [7, 11) is 0. The molecular formula is C14H17NO2. The molecule has 2 saturated heterocycles. The van der Waals surface area contributed by atoms with E-state index in [1.165, 1.54) is 5.56 Å². The minimum atomic E-state index is -0.0321. The second-order valence-electron chi connectivity index (χ2n) is 4.95. The third-order valence-corrected chi connectivity index (χ3v) is 4.02. The standard InChI is InChI=1S/C14H17NO2/c1-10(11-5-3-2-4-6-11)15-8-7-12-9-17-14(16)13(12)15/h2-6,10,12-13H,7-9H2,1H3/t10-,12-,13-/m0/s1. The van der Waals surface area contributed by atoms with E-state index in [2.05, 4.69) is 24.0 Å². The van der Waals surface area contributed by atoms with Crippen LogP contribution in [-0.2, 0) is 9.53 Å². The zero-order chi connectivity index (χ0) is 11.8. The van der Waals surface area contributed by atoms with Gasteiger partial charge in [-0.25, -0.2) is 0 Å². The lowest BCUT2D eigenvalue weighted by atomic mass is 10.0. The molecule has 2 heterocycles. The maximum Gasteiger partial charge on any atom is 0.323 e.